The van der Waals surface area contributed by atoms with Crippen molar-refractivity contribution >= 4 is 53.3 Å². The van der Waals surface area contributed by atoms with Crippen molar-refractivity contribution in [3.05, 3.63) is 28.2 Å². The number of carbonyl (C=O) groups is 1. The normalized spacial score (nSPS) is 15.7. The summed E-state index contributed by atoms with van der Waals surface area (Å²) in [5, 5.41) is 9.22. The Bertz CT molecular complexity index is 567. The third-order valence-corrected chi connectivity index (χ3v) is 4.78. The van der Waals surface area contributed by atoms with Gasteiger partial charge >= 0.3 is 6.03 Å². The zero-order chi connectivity index (χ0) is 17.4. The number of para-hydroxylation sites is 1. The Kier molecular flexibility index (Phi) is 10.0. The Hall–Kier alpha value is -1.17. The minimum absolute atomic E-state index is 0. The van der Waals surface area contributed by atoms with Crippen LogP contribution in [0.15, 0.2) is 23.2 Å². The number of aliphatic imine (C=N–C) groups is 1. The van der Waals surface area contributed by atoms with Gasteiger partial charge in [-0.2, -0.15) is 0 Å². The number of nitrogens with zero attached hydrogens (tertiary/aromatic N) is 1. The molecule has 0 bridgehead atoms. The van der Waals surface area contributed by atoms with Crippen molar-refractivity contribution in [2.45, 2.75) is 38.5 Å². The monoisotopic (exact) mass is 406 g/mol. The van der Waals surface area contributed by atoms with Gasteiger partial charge in [-0.05, 0) is 30.9 Å². The van der Waals surface area contributed by atoms with Crippen LogP contribution in [-0.2, 0) is 0 Å². The van der Waals surface area contributed by atoms with Gasteiger partial charge in [0.2, 0.25) is 5.96 Å². The van der Waals surface area contributed by atoms with Crippen molar-refractivity contribution in [1.82, 2.24) is 10.6 Å². The predicted octanol–water partition coefficient (Wildman–Crippen LogP) is 5.08. The van der Waals surface area contributed by atoms with E-state index < -0.39 is 0 Å². The predicted molar refractivity (Wildman–Crippen MR) is 108 cm³/mol. The summed E-state index contributed by atoms with van der Waals surface area (Å²) in [6, 6.07) is 4.90. The molecule has 8 heteroatoms. The molecule has 0 atom stereocenters. The van der Waals surface area contributed by atoms with E-state index in [9.17, 15) is 4.79 Å². The summed E-state index contributed by atoms with van der Waals surface area (Å²) in [6.07, 6.45) is 7.48. The largest absolute Gasteiger partial charge is 0.341 e. The lowest BCUT2D eigenvalue weighted by molar-refractivity contribution is 0.247. The molecule has 1 saturated carbocycles. The van der Waals surface area contributed by atoms with Crippen molar-refractivity contribution in [3.8, 4) is 0 Å². The number of hydrogen-bond donors (Lipinski definition) is 3. The van der Waals surface area contributed by atoms with Gasteiger partial charge in [-0.25, -0.2) is 4.79 Å². The number of nitrogens with one attached hydrogen (secondary N) is 3. The summed E-state index contributed by atoms with van der Waals surface area (Å²) in [4.78, 5) is 16.3. The molecule has 5 nitrogen and oxygen atoms in total. The molecule has 2 amide bonds. The Morgan fingerprint density at radius 2 is 1.76 bits per heavy atom. The summed E-state index contributed by atoms with van der Waals surface area (Å²) in [5.41, 5.74) is 0.539. The maximum absolute atomic E-state index is 11.7. The Morgan fingerprint density at radius 1 is 1.16 bits per heavy atom. The number of carbonyl (C=O) groups excluding carboxylic acids is 1. The molecule has 1 fully saturated rings. The number of halogens is 3. The summed E-state index contributed by atoms with van der Waals surface area (Å²) in [5.74, 6) is 0.908. The van der Waals surface area contributed by atoms with Gasteiger partial charge in [-0.1, -0.05) is 55.0 Å². The highest BCUT2D eigenvalue weighted by molar-refractivity contribution is 6.39. The molecule has 25 heavy (non-hydrogen) atoms. The van der Waals surface area contributed by atoms with Gasteiger partial charge in [0.1, 0.15) is 0 Å². The van der Waals surface area contributed by atoms with Crippen molar-refractivity contribution in [2.75, 3.05) is 18.9 Å². The molecular formula is C17H25Cl3N4O. The maximum atomic E-state index is 11.7. The van der Waals surface area contributed by atoms with Crippen LogP contribution in [0.1, 0.15) is 38.5 Å². The standard InChI is InChI=1S/C17H24Cl2N4O.ClH/c1-20-17(24)23-16(21-11-12-7-4-2-3-5-8-12)22-15-13(18)9-6-10-14(15)19;/h6,9-10,12H,2-5,7-8,11H2,1H3,(H3,20,21,22,23,24);1H. The molecule has 1 aromatic carbocycles. The first-order chi connectivity index (χ1) is 11.6. The van der Waals surface area contributed by atoms with Crippen molar-refractivity contribution in [2.24, 2.45) is 10.9 Å². The summed E-state index contributed by atoms with van der Waals surface area (Å²) < 4.78 is 0. The second-order valence-electron chi connectivity index (χ2n) is 5.97. The Balaban J connectivity index is 0.00000312. The smallest absolute Gasteiger partial charge is 0.321 e. The molecule has 2 rings (SSSR count). The van der Waals surface area contributed by atoms with Gasteiger partial charge in [0.15, 0.2) is 0 Å². The summed E-state index contributed by atoms with van der Waals surface area (Å²) in [6.45, 7) is 0.675. The van der Waals surface area contributed by atoms with E-state index in [0.717, 1.165) is 0 Å². The zero-order valence-corrected chi connectivity index (χ0v) is 16.6. The topological polar surface area (TPSA) is 65.5 Å². The van der Waals surface area contributed by atoms with Crippen LogP contribution in [0.5, 0.6) is 0 Å². The Morgan fingerprint density at radius 3 is 2.32 bits per heavy atom. The second-order valence-corrected chi connectivity index (χ2v) is 6.79. The average molecular weight is 408 g/mol. The molecule has 1 aromatic rings. The number of anilines is 1. The van der Waals surface area contributed by atoms with Crippen LogP contribution >= 0.6 is 35.6 Å². The Labute approximate surface area is 165 Å². The molecule has 0 aromatic heterocycles. The first-order valence-corrected chi connectivity index (χ1v) is 9.10. The van der Waals surface area contributed by atoms with Crippen LogP contribution in [0.2, 0.25) is 10.0 Å². The van der Waals surface area contributed by atoms with Crippen molar-refractivity contribution < 1.29 is 4.79 Å². The highest BCUT2D eigenvalue weighted by atomic mass is 35.5. The number of urea groups is 1. The average Bonchev–Trinajstić information content (AvgIpc) is 2.84. The van der Waals surface area contributed by atoms with Crippen LogP contribution < -0.4 is 16.0 Å². The van der Waals surface area contributed by atoms with Crippen LogP contribution in [0.25, 0.3) is 0 Å². The quantitative estimate of drug-likeness (QED) is 0.371. The molecular weight excluding hydrogens is 383 g/mol. The second kappa shape index (κ2) is 11.4. The summed E-state index contributed by atoms with van der Waals surface area (Å²) in [7, 11) is 1.56. The first-order valence-electron chi connectivity index (χ1n) is 8.34. The minimum atomic E-state index is -0.342. The molecule has 140 valence electrons. The molecule has 1 aliphatic rings. The SMILES string of the molecule is CNC(=O)NC(=NCC1CCCCCC1)Nc1c(Cl)cccc1Cl.Cl. The molecule has 0 saturated heterocycles. The number of amides is 2. The van der Waals surface area contributed by atoms with Crippen molar-refractivity contribution in [3.63, 3.8) is 0 Å². The van der Waals surface area contributed by atoms with E-state index in [1.165, 1.54) is 38.5 Å². The van der Waals surface area contributed by atoms with E-state index in [0.29, 0.717) is 34.2 Å². The van der Waals surface area contributed by atoms with Gasteiger partial charge < -0.3 is 10.6 Å². The molecule has 0 spiro atoms. The highest BCUT2D eigenvalue weighted by Gasteiger charge is 2.14. The fourth-order valence-corrected chi connectivity index (χ4v) is 3.27. The van der Waals surface area contributed by atoms with Crippen LogP contribution in [0, 0.1) is 5.92 Å². The number of guanidine groups is 1. The fraction of sp³-hybridized carbons (Fsp3) is 0.529. The third kappa shape index (κ3) is 7.30. The zero-order valence-electron chi connectivity index (χ0n) is 14.3. The molecule has 3 N–H and O–H groups in total. The molecule has 0 aliphatic heterocycles. The minimum Gasteiger partial charge on any atom is -0.341 e. The lowest BCUT2D eigenvalue weighted by Crippen LogP contribution is -2.41. The van der Waals surface area contributed by atoms with Crippen molar-refractivity contribution in [1.29, 1.82) is 0 Å². The molecule has 0 radical (unpaired) electrons. The lowest BCUT2D eigenvalue weighted by Gasteiger charge is -2.16. The lowest BCUT2D eigenvalue weighted by atomic mass is 10.0. The van der Waals surface area contributed by atoms with Crippen LogP contribution in [0.4, 0.5) is 10.5 Å². The van der Waals surface area contributed by atoms with Crippen LogP contribution in [-0.4, -0.2) is 25.6 Å². The number of hydrogen-bond acceptors (Lipinski definition) is 2. The van der Waals surface area contributed by atoms with Crippen LogP contribution in [0.3, 0.4) is 0 Å². The van der Waals surface area contributed by atoms with Gasteiger partial charge in [0.05, 0.1) is 15.7 Å². The van der Waals surface area contributed by atoms with Gasteiger partial charge in [0.25, 0.3) is 0 Å². The van der Waals surface area contributed by atoms with Gasteiger partial charge in [-0.15, -0.1) is 12.4 Å². The number of benzene rings is 1. The molecule has 1 aliphatic carbocycles. The first kappa shape index (κ1) is 21.9. The third-order valence-electron chi connectivity index (χ3n) is 4.15. The summed E-state index contributed by atoms with van der Waals surface area (Å²) >= 11 is 12.4. The molecule has 0 unspecified atom stereocenters. The van der Waals surface area contributed by atoms with E-state index >= 15 is 0 Å². The van der Waals surface area contributed by atoms with E-state index in [2.05, 4.69) is 20.9 Å². The van der Waals surface area contributed by atoms with E-state index in [1.807, 2.05) is 0 Å². The number of rotatable bonds is 3. The van der Waals surface area contributed by atoms with E-state index in [-0.39, 0.29) is 18.4 Å². The molecule has 0 heterocycles. The van der Waals surface area contributed by atoms with Gasteiger partial charge in [0, 0.05) is 13.6 Å². The highest BCUT2D eigenvalue weighted by Crippen LogP contribution is 2.29. The van der Waals surface area contributed by atoms with E-state index in [1.54, 1.807) is 25.2 Å². The maximum Gasteiger partial charge on any atom is 0.321 e. The fourth-order valence-electron chi connectivity index (χ4n) is 2.78. The van der Waals surface area contributed by atoms with Gasteiger partial charge in [-0.3, -0.25) is 10.3 Å². The van der Waals surface area contributed by atoms with E-state index in [4.69, 9.17) is 23.2 Å².